The zero-order valence-electron chi connectivity index (χ0n) is 17.5. The molecule has 0 unspecified atom stereocenters. The van der Waals surface area contributed by atoms with Gasteiger partial charge in [0.25, 0.3) is 5.91 Å². The van der Waals surface area contributed by atoms with Crippen LogP contribution in [0.2, 0.25) is 0 Å². The largest absolute Gasteiger partial charge is 0.448 e. The molecule has 3 amide bonds. The normalized spacial score (nSPS) is 11.7. The molecule has 1 aromatic heterocycles. The summed E-state index contributed by atoms with van der Waals surface area (Å²) in [6.07, 6.45) is 0.382. The van der Waals surface area contributed by atoms with E-state index in [1.54, 1.807) is 24.7 Å². The second-order valence-corrected chi connectivity index (χ2v) is 7.41. The van der Waals surface area contributed by atoms with Crippen molar-refractivity contribution in [2.24, 2.45) is 11.7 Å². The highest BCUT2D eigenvalue weighted by Gasteiger charge is 2.30. The maximum atomic E-state index is 13.1. The molecule has 3 N–H and O–H groups in total. The number of primary amides is 1. The highest BCUT2D eigenvalue weighted by molar-refractivity contribution is 6.00. The Hall–Kier alpha value is -3.94. The van der Waals surface area contributed by atoms with E-state index >= 15 is 0 Å². The number of aryl methyl sites for hydroxylation is 1. The van der Waals surface area contributed by atoms with Gasteiger partial charge in [0.1, 0.15) is 11.3 Å². The summed E-state index contributed by atoms with van der Waals surface area (Å²) >= 11 is 0. The van der Waals surface area contributed by atoms with Crippen LogP contribution in [0.25, 0.3) is 16.9 Å². The van der Waals surface area contributed by atoms with Crippen LogP contribution < -0.4 is 11.1 Å². The van der Waals surface area contributed by atoms with E-state index in [4.69, 9.17) is 10.5 Å². The van der Waals surface area contributed by atoms with E-state index in [1.807, 2.05) is 66.8 Å². The molecule has 31 heavy (non-hydrogen) atoms. The quantitative estimate of drug-likeness (QED) is 0.594. The van der Waals surface area contributed by atoms with Gasteiger partial charge in [-0.05, 0) is 30.5 Å². The molecule has 0 spiro atoms. The maximum absolute atomic E-state index is 13.1. The molecule has 0 aliphatic rings. The van der Waals surface area contributed by atoms with Gasteiger partial charge in [0.2, 0.25) is 0 Å². The van der Waals surface area contributed by atoms with Gasteiger partial charge in [-0.1, -0.05) is 56.3 Å². The summed E-state index contributed by atoms with van der Waals surface area (Å²) in [7, 11) is 0. The zero-order chi connectivity index (χ0) is 22.5. The van der Waals surface area contributed by atoms with Crippen molar-refractivity contribution >= 4 is 17.9 Å². The Morgan fingerprint density at radius 3 is 2.29 bits per heavy atom. The number of amides is 3. The molecule has 1 heterocycles. The Kier molecular flexibility index (Phi) is 6.49. The number of carbonyl (C=O) groups is 3. The van der Waals surface area contributed by atoms with Crippen molar-refractivity contribution in [1.29, 1.82) is 0 Å². The van der Waals surface area contributed by atoms with E-state index in [-0.39, 0.29) is 11.5 Å². The van der Waals surface area contributed by atoms with Crippen LogP contribution in [0.4, 0.5) is 4.79 Å². The highest BCUT2D eigenvalue weighted by Crippen LogP contribution is 2.28. The summed E-state index contributed by atoms with van der Waals surface area (Å²) < 4.78 is 7.09. The van der Waals surface area contributed by atoms with Gasteiger partial charge in [0.15, 0.2) is 6.10 Å². The fraction of sp³-hybridized carbons (Fsp3) is 0.217. The van der Waals surface area contributed by atoms with Crippen LogP contribution >= 0.6 is 0 Å². The number of carbonyl (C=O) groups excluding carboxylic acids is 3. The molecule has 3 rings (SSSR count). The number of hydrogen-bond acceptors (Lipinski definition) is 5. The van der Waals surface area contributed by atoms with Crippen LogP contribution in [0, 0.1) is 12.8 Å². The lowest BCUT2D eigenvalue weighted by Crippen LogP contribution is -2.45. The molecule has 1 atom stereocenters. The molecule has 2 aromatic carbocycles. The third-order valence-electron chi connectivity index (χ3n) is 4.70. The molecule has 0 saturated carbocycles. The first-order valence-corrected chi connectivity index (χ1v) is 9.80. The van der Waals surface area contributed by atoms with Crippen LogP contribution in [-0.4, -0.2) is 33.8 Å². The van der Waals surface area contributed by atoms with Crippen LogP contribution in [0.1, 0.15) is 29.8 Å². The monoisotopic (exact) mass is 420 g/mol. The van der Waals surface area contributed by atoms with Gasteiger partial charge >= 0.3 is 12.0 Å². The molecule has 8 heteroatoms. The van der Waals surface area contributed by atoms with Gasteiger partial charge in [-0.2, -0.15) is 5.10 Å². The molecule has 3 aromatic rings. The molecular weight excluding hydrogens is 396 g/mol. The molecule has 0 aliphatic heterocycles. The number of benzene rings is 2. The first-order chi connectivity index (χ1) is 14.8. The lowest BCUT2D eigenvalue weighted by Gasteiger charge is -2.19. The second-order valence-electron chi connectivity index (χ2n) is 7.41. The van der Waals surface area contributed by atoms with E-state index in [0.717, 1.165) is 16.8 Å². The van der Waals surface area contributed by atoms with Crippen molar-refractivity contribution in [3.05, 3.63) is 71.9 Å². The first kappa shape index (κ1) is 21.8. The van der Waals surface area contributed by atoms with Crippen LogP contribution in [-0.2, 0) is 9.53 Å². The Balaban J connectivity index is 2.03. The third-order valence-corrected chi connectivity index (χ3v) is 4.70. The SMILES string of the molecule is Cc1ccccc1-c1nn(-c2ccccc2)cc1C(=O)O[C@H](C(=O)NC(N)=O)C(C)C. The predicted octanol–water partition coefficient (Wildman–Crippen LogP) is 3.22. The number of aromatic nitrogens is 2. The lowest BCUT2D eigenvalue weighted by molar-refractivity contribution is -0.130. The molecular formula is C23H24N4O4. The van der Waals surface area contributed by atoms with Gasteiger partial charge < -0.3 is 10.5 Å². The van der Waals surface area contributed by atoms with Gasteiger partial charge in [0.05, 0.1) is 5.69 Å². The number of rotatable bonds is 6. The summed E-state index contributed by atoms with van der Waals surface area (Å²) in [6, 6.07) is 15.9. The van der Waals surface area contributed by atoms with E-state index < -0.39 is 24.0 Å². The summed E-state index contributed by atoms with van der Waals surface area (Å²) in [6.45, 7) is 5.32. The number of nitrogens with one attached hydrogen (secondary N) is 1. The van der Waals surface area contributed by atoms with E-state index in [9.17, 15) is 14.4 Å². The number of urea groups is 1. The minimum absolute atomic E-state index is 0.204. The van der Waals surface area contributed by atoms with Crippen molar-refractivity contribution in [3.8, 4) is 16.9 Å². The third kappa shape index (κ3) is 4.98. The number of esters is 1. The summed E-state index contributed by atoms with van der Waals surface area (Å²) in [5, 5.41) is 6.59. The Morgan fingerprint density at radius 1 is 1.03 bits per heavy atom. The minimum Gasteiger partial charge on any atom is -0.448 e. The average Bonchev–Trinajstić information content (AvgIpc) is 3.17. The van der Waals surface area contributed by atoms with Crippen molar-refractivity contribution in [2.45, 2.75) is 26.9 Å². The van der Waals surface area contributed by atoms with Crippen LogP contribution in [0.15, 0.2) is 60.8 Å². The summed E-state index contributed by atoms with van der Waals surface area (Å²) in [4.78, 5) is 36.5. The van der Waals surface area contributed by atoms with E-state index in [1.165, 1.54) is 0 Å². The summed E-state index contributed by atoms with van der Waals surface area (Å²) in [5.41, 5.74) is 8.14. The van der Waals surface area contributed by atoms with E-state index in [0.29, 0.717) is 5.69 Å². The van der Waals surface area contributed by atoms with Crippen LogP contribution in [0.5, 0.6) is 0 Å². The van der Waals surface area contributed by atoms with Crippen molar-refractivity contribution < 1.29 is 19.1 Å². The lowest BCUT2D eigenvalue weighted by atomic mass is 10.0. The second kappa shape index (κ2) is 9.25. The number of nitrogens with two attached hydrogens (primary N) is 1. The average molecular weight is 420 g/mol. The number of para-hydroxylation sites is 1. The molecule has 0 fully saturated rings. The zero-order valence-corrected chi connectivity index (χ0v) is 17.5. The summed E-state index contributed by atoms with van der Waals surface area (Å²) in [5.74, 6) is -1.88. The molecule has 0 aliphatic carbocycles. The Labute approximate surface area is 180 Å². The molecule has 0 radical (unpaired) electrons. The van der Waals surface area contributed by atoms with Gasteiger partial charge in [0, 0.05) is 11.8 Å². The maximum Gasteiger partial charge on any atom is 0.342 e. The first-order valence-electron chi connectivity index (χ1n) is 9.80. The number of hydrogen-bond donors (Lipinski definition) is 2. The smallest absolute Gasteiger partial charge is 0.342 e. The highest BCUT2D eigenvalue weighted by atomic mass is 16.5. The topological polar surface area (TPSA) is 116 Å². The number of nitrogens with zero attached hydrogens (tertiary/aromatic N) is 2. The van der Waals surface area contributed by atoms with Crippen LogP contribution in [0.3, 0.4) is 0 Å². The van der Waals surface area contributed by atoms with Crippen molar-refractivity contribution in [2.75, 3.05) is 0 Å². The van der Waals surface area contributed by atoms with Crippen molar-refractivity contribution in [1.82, 2.24) is 15.1 Å². The minimum atomic E-state index is -1.19. The Bertz CT molecular complexity index is 1110. The molecule has 0 saturated heterocycles. The number of imide groups is 1. The standard InChI is InChI=1S/C23H24N4O4/c1-14(2)20(21(28)25-23(24)30)31-22(29)18-13-27(16-10-5-4-6-11-16)26-19(18)17-12-8-7-9-15(17)3/h4-14,20H,1-3H3,(H3,24,25,28,30)/t20-/m0/s1. The molecule has 0 bridgehead atoms. The van der Waals surface area contributed by atoms with Gasteiger partial charge in [-0.3, -0.25) is 10.1 Å². The predicted molar refractivity (Wildman–Crippen MR) is 116 cm³/mol. The van der Waals surface area contributed by atoms with Gasteiger partial charge in [-0.15, -0.1) is 0 Å². The number of ether oxygens (including phenoxy) is 1. The fourth-order valence-corrected chi connectivity index (χ4v) is 3.14. The van der Waals surface area contributed by atoms with E-state index in [2.05, 4.69) is 5.10 Å². The van der Waals surface area contributed by atoms with Crippen molar-refractivity contribution in [3.63, 3.8) is 0 Å². The fourth-order valence-electron chi connectivity index (χ4n) is 3.14. The van der Waals surface area contributed by atoms with Gasteiger partial charge in [-0.25, -0.2) is 14.3 Å². The molecule has 8 nitrogen and oxygen atoms in total. The molecule has 160 valence electrons. The Morgan fingerprint density at radius 2 is 1.68 bits per heavy atom.